The maximum atomic E-state index is 13.4. The van der Waals surface area contributed by atoms with Gasteiger partial charge >= 0.3 is 0 Å². The van der Waals surface area contributed by atoms with Gasteiger partial charge in [-0.3, -0.25) is 14.2 Å². The summed E-state index contributed by atoms with van der Waals surface area (Å²) in [6.07, 6.45) is 10.6. The first-order valence-electron chi connectivity index (χ1n) is 11.6. The molecule has 0 saturated heterocycles. The molecule has 4 rings (SSSR count). The SMILES string of the molecule is COCCn1c(SC(C)C(=O)NCC2CCCCC2)nc2sc3c(c2c1=O)CCCC3. The third-order valence-corrected chi connectivity index (χ3v) is 8.78. The normalized spacial score (nSPS) is 18.1. The molecular formula is C23H33N3O3S2. The zero-order valence-corrected chi connectivity index (χ0v) is 20.2. The maximum absolute atomic E-state index is 13.4. The van der Waals surface area contributed by atoms with E-state index in [1.54, 1.807) is 23.0 Å². The number of hydrogen-bond donors (Lipinski definition) is 1. The van der Waals surface area contributed by atoms with Gasteiger partial charge in [-0.1, -0.05) is 31.0 Å². The highest BCUT2D eigenvalue weighted by Gasteiger charge is 2.25. The molecule has 0 radical (unpaired) electrons. The third kappa shape index (κ3) is 5.17. The number of ether oxygens (including phenoxy) is 1. The summed E-state index contributed by atoms with van der Waals surface area (Å²) in [5.41, 5.74) is 1.21. The Morgan fingerprint density at radius 2 is 2.03 bits per heavy atom. The van der Waals surface area contributed by atoms with E-state index < -0.39 is 0 Å². The van der Waals surface area contributed by atoms with Crippen molar-refractivity contribution in [3.05, 3.63) is 20.8 Å². The number of nitrogens with one attached hydrogen (secondary N) is 1. The lowest BCUT2D eigenvalue weighted by Crippen LogP contribution is -2.36. The van der Waals surface area contributed by atoms with Crippen molar-refractivity contribution in [3.63, 3.8) is 0 Å². The highest BCUT2D eigenvalue weighted by atomic mass is 32.2. The van der Waals surface area contributed by atoms with Crippen LogP contribution in [0.15, 0.2) is 9.95 Å². The smallest absolute Gasteiger partial charge is 0.263 e. The lowest BCUT2D eigenvalue weighted by atomic mass is 9.89. The summed E-state index contributed by atoms with van der Waals surface area (Å²) < 4.78 is 6.96. The molecule has 31 heavy (non-hydrogen) atoms. The Morgan fingerprint density at radius 1 is 1.26 bits per heavy atom. The van der Waals surface area contributed by atoms with E-state index in [4.69, 9.17) is 9.72 Å². The number of amides is 1. The Hall–Kier alpha value is -1.38. The molecule has 0 aliphatic heterocycles. The maximum Gasteiger partial charge on any atom is 0.263 e. The molecule has 0 spiro atoms. The van der Waals surface area contributed by atoms with Gasteiger partial charge < -0.3 is 10.1 Å². The minimum absolute atomic E-state index is 0.0127. The first-order valence-corrected chi connectivity index (χ1v) is 13.3. The summed E-state index contributed by atoms with van der Waals surface area (Å²) >= 11 is 3.04. The first-order chi connectivity index (χ1) is 15.1. The van der Waals surface area contributed by atoms with Crippen molar-refractivity contribution in [2.24, 2.45) is 5.92 Å². The van der Waals surface area contributed by atoms with E-state index in [0.29, 0.717) is 24.2 Å². The quantitative estimate of drug-likeness (QED) is 0.470. The number of fused-ring (bicyclic) bond motifs is 3. The Kier molecular flexibility index (Phi) is 7.72. The Labute approximate surface area is 192 Å². The molecule has 2 aromatic heterocycles. The average Bonchev–Trinajstić information content (AvgIpc) is 3.16. The summed E-state index contributed by atoms with van der Waals surface area (Å²) in [6.45, 7) is 3.54. The van der Waals surface area contributed by atoms with Gasteiger partial charge in [-0.05, 0) is 56.9 Å². The molecule has 1 atom stereocenters. The highest BCUT2D eigenvalue weighted by molar-refractivity contribution is 8.00. The van der Waals surface area contributed by atoms with Gasteiger partial charge in [-0.2, -0.15) is 0 Å². The number of methoxy groups -OCH3 is 1. The van der Waals surface area contributed by atoms with Gasteiger partial charge in [0.2, 0.25) is 5.91 Å². The number of carbonyl (C=O) groups excluding carboxylic acids is 1. The van der Waals surface area contributed by atoms with Crippen molar-refractivity contribution in [2.45, 2.75) is 81.7 Å². The highest BCUT2D eigenvalue weighted by Crippen LogP contribution is 2.35. The standard InChI is InChI=1S/C23H33N3O3S2/c1-15(20(27)24-14-16-8-4-3-5-9-16)30-23-25-21-19(22(28)26(23)12-13-29-2)17-10-6-7-11-18(17)31-21/h15-16H,3-14H2,1-2H3,(H,24,27). The van der Waals surface area contributed by atoms with E-state index in [-0.39, 0.29) is 16.7 Å². The van der Waals surface area contributed by atoms with Crippen LogP contribution in [0.25, 0.3) is 10.2 Å². The third-order valence-electron chi connectivity index (χ3n) is 6.50. The number of carbonyl (C=O) groups is 1. The van der Waals surface area contributed by atoms with Crippen molar-refractivity contribution >= 4 is 39.2 Å². The molecule has 1 unspecified atom stereocenters. The number of thioether (sulfide) groups is 1. The van der Waals surface area contributed by atoms with Gasteiger partial charge in [-0.15, -0.1) is 11.3 Å². The summed E-state index contributed by atoms with van der Waals surface area (Å²) in [5, 5.41) is 4.23. The molecule has 1 N–H and O–H groups in total. The van der Waals surface area contributed by atoms with E-state index in [1.807, 2.05) is 6.92 Å². The van der Waals surface area contributed by atoms with Crippen LogP contribution in [0.1, 0.15) is 62.3 Å². The van der Waals surface area contributed by atoms with Crippen LogP contribution in [0.4, 0.5) is 0 Å². The summed E-state index contributed by atoms with van der Waals surface area (Å²) in [6, 6.07) is 0. The van der Waals surface area contributed by atoms with Crippen LogP contribution < -0.4 is 10.9 Å². The van der Waals surface area contributed by atoms with Gasteiger partial charge in [0.15, 0.2) is 5.16 Å². The number of aryl methyl sites for hydroxylation is 2. The Balaban J connectivity index is 1.55. The topological polar surface area (TPSA) is 73.2 Å². The van der Waals surface area contributed by atoms with Gasteiger partial charge in [0.05, 0.1) is 23.8 Å². The number of aromatic nitrogens is 2. The number of hydrogen-bond acceptors (Lipinski definition) is 6. The zero-order valence-electron chi connectivity index (χ0n) is 18.6. The van der Waals surface area contributed by atoms with Crippen molar-refractivity contribution in [2.75, 3.05) is 20.3 Å². The second-order valence-corrected chi connectivity index (χ2v) is 11.1. The van der Waals surface area contributed by atoms with Crippen LogP contribution in [-0.4, -0.2) is 41.0 Å². The van der Waals surface area contributed by atoms with Crippen molar-refractivity contribution in [1.82, 2.24) is 14.9 Å². The summed E-state index contributed by atoms with van der Waals surface area (Å²) in [5.74, 6) is 0.621. The van der Waals surface area contributed by atoms with Gasteiger partial charge in [-0.25, -0.2) is 4.98 Å². The van der Waals surface area contributed by atoms with Crippen molar-refractivity contribution < 1.29 is 9.53 Å². The predicted molar refractivity (Wildman–Crippen MR) is 127 cm³/mol. The van der Waals surface area contributed by atoms with Crippen LogP contribution in [-0.2, 0) is 28.9 Å². The molecule has 2 heterocycles. The molecule has 2 aromatic rings. The van der Waals surface area contributed by atoms with Gasteiger partial charge in [0, 0.05) is 18.5 Å². The monoisotopic (exact) mass is 463 g/mol. The molecule has 6 nitrogen and oxygen atoms in total. The second-order valence-electron chi connectivity index (χ2n) is 8.74. The number of rotatable bonds is 8. The van der Waals surface area contributed by atoms with Crippen molar-refractivity contribution in [3.8, 4) is 0 Å². The summed E-state index contributed by atoms with van der Waals surface area (Å²) in [7, 11) is 1.64. The average molecular weight is 464 g/mol. The Bertz CT molecular complexity index is 979. The van der Waals surface area contributed by atoms with Crippen LogP contribution in [0.2, 0.25) is 0 Å². The molecule has 8 heteroatoms. The van der Waals surface area contributed by atoms with E-state index in [0.717, 1.165) is 36.0 Å². The molecule has 1 saturated carbocycles. The second kappa shape index (κ2) is 10.5. The molecule has 2 aliphatic carbocycles. The lowest BCUT2D eigenvalue weighted by molar-refractivity contribution is -0.120. The molecule has 2 aliphatic rings. The zero-order chi connectivity index (χ0) is 21.8. The largest absolute Gasteiger partial charge is 0.383 e. The minimum Gasteiger partial charge on any atom is -0.383 e. The first kappa shape index (κ1) is 22.8. The van der Waals surface area contributed by atoms with Gasteiger partial charge in [0.1, 0.15) is 4.83 Å². The molecular weight excluding hydrogens is 430 g/mol. The number of nitrogens with zero attached hydrogens (tertiary/aromatic N) is 2. The number of thiophene rings is 1. The van der Waals surface area contributed by atoms with E-state index >= 15 is 0 Å². The van der Waals surface area contributed by atoms with Crippen LogP contribution in [0, 0.1) is 5.92 Å². The molecule has 1 fully saturated rings. The van der Waals surface area contributed by atoms with E-state index in [2.05, 4.69) is 5.32 Å². The molecule has 0 bridgehead atoms. The fourth-order valence-electron chi connectivity index (χ4n) is 4.68. The predicted octanol–water partition coefficient (Wildman–Crippen LogP) is 4.16. The van der Waals surface area contributed by atoms with Crippen LogP contribution >= 0.6 is 23.1 Å². The summed E-state index contributed by atoms with van der Waals surface area (Å²) in [4.78, 5) is 33.2. The van der Waals surface area contributed by atoms with E-state index in [1.165, 1.54) is 60.7 Å². The van der Waals surface area contributed by atoms with Crippen LogP contribution in [0.5, 0.6) is 0 Å². The van der Waals surface area contributed by atoms with E-state index in [9.17, 15) is 9.59 Å². The Morgan fingerprint density at radius 3 is 2.81 bits per heavy atom. The molecule has 170 valence electrons. The van der Waals surface area contributed by atoms with Crippen molar-refractivity contribution in [1.29, 1.82) is 0 Å². The lowest BCUT2D eigenvalue weighted by Gasteiger charge is -2.22. The fraction of sp³-hybridized carbons (Fsp3) is 0.696. The van der Waals surface area contributed by atoms with Crippen LogP contribution in [0.3, 0.4) is 0 Å². The fourth-order valence-corrected chi connectivity index (χ4v) is 6.94. The molecule has 0 aromatic carbocycles. The minimum atomic E-state index is -0.309. The molecule has 1 amide bonds. The van der Waals surface area contributed by atoms with Gasteiger partial charge in [0.25, 0.3) is 5.56 Å².